The van der Waals surface area contributed by atoms with Crippen LogP contribution in [-0.2, 0) is 4.79 Å². The molecule has 0 amide bonds. The molecule has 0 atom stereocenters. The predicted octanol–water partition coefficient (Wildman–Crippen LogP) is 4.32. The summed E-state index contributed by atoms with van der Waals surface area (Å²) in [6, 6.07) is 12.5. The van der Waals surface area contributed by atoms with Crippen molar-refractivity contribution in [2.45, 2.75) is 11.8 Å². The van der Waals surface area contributed by atoms with Crippen LogP contribution < -0.4 is 0 Å². The van der Waals surface area contributed by atoms with Gasteiger partial charge in [-0.25, -0.2) is 0 Å². The summed E-state index contributed by atoms with van der Waals surface area (Å²) in [5.74, 6) is -0.741. The fraction of sp³-hybridized carbons (Fsp3) is 0.118. The first-order chi connectivity index (χ1) is 10.2. The molecule has 21 heavy (non-hydrogen) atoms. The number of H-pyrrole nitrogens is 1. The number of hydrogen-bond donors (Lipinski definition) is 2. The molecule has 0 aliphatic carbocycles. The second-order valence-electron chi connectivity index (χ2n) is 4.89. The molecular formula is C17H15NO2S. The second-order valence-corrected chi connectivity index (χ2v) is 5.91. The number of nitrogens with one attached hydrogen (secondary N) is 1. The number of rotatable bonds is 4. The molecule has 0 spiro atoms. The van der Waals surface area contributed by atoms with Crippen molar-refractivity contribution in [3.8, 4) is 11.1 Å². The van der Waals surface area contributed by atoms with E-state index in [0.29, 0.717) is 0 Å². The van der Waals surface area contributed by atoms with Crippen LogP contribution in [0.5, 0.6) is 0 Å². The van der Waals surface area contributed by atoms with E-state index in [1.165, 1.54) is 28.1 Å². The lowest BCUT2D eigenvalue weighted by molar-refractivity contribution is -0.133. The van der Waals surface area contributed by atoms with Crippen LogP contribution in [0.2, 0.25) is 0 Å². The normalized spacial score (nSPS) is 10.9. The third-order valence-corrected chi connectivity index (χ3v) is 4.53. The number of aliphatic carboxylic acids is 1. The smallest absolute Gasteiger partial charge is 0.313 e. The van der Waals surface area contributed by atoms with Gasteiger partial charge in [-0.15, -0.1) is 11.8 Å². The van der Waals surface area contributed by atoms with Crippen LogP contribution in [0.1, 0.15) is 5.56 Å². The van der Waals surface area contributed by atoms with Gasteiger partial charge in [0, 0.05) is 22.9 Å². The highest BCUT2D eigenvalue weighted by molar-refractivity contribution is 8.00. The third kappa shape index (κ3) is 2.67. The number of carboxylic acid groups (broad SMARTS) is 1. The monoisotopic (exact) mass is 297 g/mol. The molecule has 0 bridgehead atoms. The Bertz CT molecular complexity index is 807. The maximum atomic E-state index is 10.8. The van der Waals surface area contributed by atoms with Crippen molar-refractivity contribution in [2.24, 2.45) is 0 Å². The van der Waals surface area contributed by atoms with Crippen LogP contribution >= 0.6 is 11.8 Å². The van der Waals surface area contributed by atoms with E-state index in [1.54, 1.807) is 0 Å². The zero-order valence-electron chi connectivity index (χ0n) is 11.6. The number of aryl methyl sites for hydroxylation is 1. The van der Waals surface area contributed by atoms with Crippen molar-refractivity contribution in [3.63, 3.8) is 0 Å². The van der Waals surface area contributed by atoms with Gasteiger partial charge in [-0.05, 0) is 28.8 Å². The van der Waals surface area contributed by atoms with E-state index in [2.05, 4.69) is 42.2 Å². The van der Waals surface area contributed by atoms with Gasteiger partial charge in [-0.2, -0.15) is 0 Å². The number of thioether (sulfide) groups is 1. The van der Waals surface area contributed by atoms with Gasteiger partial charge in [-0.1, -0.05) is 36.4 Å². The summed E-state index contributed by atoms with van der Waals surface area (Å²) in [4.78, 5) is 14.8. The Balaban J connectivity index is 2.11. The summed E-state index contributed by atoms with van der Waals surface area (Å²) in [7, 11) is 0. The van der Waals surface area contributed by atoms with E-state index in [9.17, 15) is 4.79 Å². The van der Waals surface area contributed by atoms with Crippen molar-refractivity contribution in [1.29, 1.82) is 0 Å². The molecule has 0 aliphatic heterocycles. The Morgan fingerprint density at radius 1 is 1.10 bits per heavy atom. The number of benzene rings is 2. The van der Waals surface area contributed by atoms with Gasteiger partial charge in [0.05, 0.1) is 5.75 Å². The van der Waals surface area contributed by atoms with E-state index in [-0.39, 0.29) is 5.75 Å². The van der Waals surface area contributed by atoms with Crippen LogP contribution in [-0.4, -0.2) is 21.8 Å². The number of hydrogen-bond acceptors (Lipinski definition) is 2. The number of aromatic nitrogens is 1. The maximum Gasteiger partial charge on any atom is 0.313 e. The van der Waals surface area contributed by atoms with Crippen molar-refractivity contribution in [3.05, 3.63) is 54.4 Å². The minimum absolute atomic E-state index is 0.0641. The molecule has 2 N–H and O–H groups in total. The lowest BCUT2D eigenvalue weighted by Gasteiger charge is -2.09. The number of fused-ring (bicyclic) bond motifs is 1. The fourth-order valence-corrected chi connectivity index (χ4v) is 3.28. The molecule has 106 valence electrons. The zero-order valence-corrected chi connectivity index (χ0v) is 12.4. The summed E-state index contributed by atoms with van der Waals surface area (Å²) in [6.45, 7) is 2.10. The molecular weight excluding hydrogens is 282 g/mol. The first kappa shape index (κ1) is 13.8. The van der Waals surface area contributed by atoms with E-state index >= 15 is 0 Å². The molecule has 4 heteroatoms. The van der Waals surface area contributed by atoms with Gasteiger partial charge in [-0.3, -0.25) is 4.79 Å². The zero-order chi connectivity index (χ0) is 14.8. The Morgan fingerprint density at radius 3 is 2.67 bits per heavy atom. The lowest BCUT2D eigenvalue weighted by atomic mass is 9.97. The SMILES string of the molecule is Cc1cccc2c(-c3c[nH]cc3SCC(=O)O)cccc12. The van der Waals surface area contributed by atoms with Crippen molar-refractivity contribution in [1.82, 2.24) is 4.98 Å². The minimum Gasteiger partial charge on any atom is -0.481 e. The Morgan fingerprint density at radius 2 is 1.86 bits per heavy atom. The third-order valence-electron chi connectivity index (χ3n) is 3.49. The number of aromatic amines is 1. The molecule has 0 saturated carbocycles. The van der Waals surface area contributed by atoms with Crippen LogP contribution in [0.4, 0.5) is 0 Å². The van der Waals surface area contributed by atoms with Crippen LogP contribution in [0.25, 0.3) is 21.9 Å². The molecule has 2 aromatic carbocycles. The highest BCUT2D eigenvalue weighted by Gasteiger charge is 2.11. The molecule has 0 fully saturated rings. The molecule has 0 saturated heterocycles. The van der Waals surface area contributed by atoms with E-state index in [4.69, 9.17) is 5.11 Å². The largest absolute Gasteiger partial charge is 0.481 e. The Kier molecular flexibility index (Phi) is 3.71. The number of carbonyl (C=O) groups is 1. The van der Waals surface area contributed by atoms with Gasteiger partial charge < -0.3 is 10.1 Å². The highest BCUT2D eigenvalue weighted by atomic mass is 32.2. The molecule has 3 aromatic rings. The summed E-state index contributed by atoms with van der Waals surface area (Å²) in [5, 5.41) is 11.3. The van der Waals surface area contributed by atoms with Gasteiger partial charge in [0.25, 0.3) is 0 Å². The van der Waals surface area contributed by atoms with Gasteiger partial charge in [0.1, 0.15) is 0 Å². The average Bonchev–Trinajstić information content (AvgIpc) is 2.93. The summed E-state index contributed by atoms with van der Waals surface area (Å²) >= 11 is 1.34. The van der Waals surface area contributed by atoms with E-state index < -0.39 is 5.97 Å². The minimum atomic E-state index is -0.805. The molecule has 1 aromatic heterocycles. The summed E-state index contributed by atoms with van der Waals surface area (Å²) < 4.78 is 0. The standard InChI is InChI=1S/C17H15NO2S/c1-11-4-2-6-13-12(11)5-3-7-14(13)15-8-18-9-16(15)21-10-17(19)20/h2-9,18H,10H2,1H3,(H,19,20). The van der Waals surface area contributed by atoms with Crippen LogP contribution in [0, 0.1) is 6.92 Å². The van der Waals surface area contributed by atoms with Crippen LogP contribution in [0.15, 0.2) is 53.7 Å². The molecule has 3 nitrogen and oxygen atoms in total. The Labute approximate surface area is 127 Å². The van der Waals surface area contributed by atoms with Gasteiger partial charge in [0.15, 0.2) is 0 Å². The van der Waals surface area contributed by atoms with Crippen molar-refractivity contribution >= 4 is 28.5 Å². The highest BCUT2D eigenvalue weighted by Crippen LogP contribution is 2.36. The Hall–Kier alpha value is -2.20. The van der Waals surface area contributed by atoms with Gasteiger partial charge in [0.2, 0.25) is 0 Å². The molecule has 0 aliphatic rings. The molecule has 3 rings (SSSR count). The lowest BCUT2D eigenvalue weighted by Crippen LogP contribution is -1.97. The quantitative estimate of drug-likeness (QED) is 0.705. The molecule has 1 heterocycles. The average molecular weight is 297 g/mol. The summed E-state index contributed by atoms with van der Waals surface area (Å²) in [6.07, 6.45) is 3.79. The van der Waals surface area contributed by atoms with Gasteiger partial charge >= 0.3 is 5.97 Å². The van der Waals surface area contributed by atoms with Crippen molar-refractivity contribution in [2.75, 3.05) is 5.75 Å². The first-order valence-electron chi connectivity index (χ1n) is 6.67. The summed E-state index contributed by atoms with van der Waals surface area (Å²) in [5.41, 5.74) is 3.42. The van der Waals surface area contributed by atoms with Crippen molar-refractivity contribution < 1.29 is 9.90 Å². The first-order valence-corrected chi connectivity index (χ1v) is 7.65. The van der Waals surface area contributed by atoms with Crippen LogP contribution in [0.3, 0.4) is 0 Å². The van der Waals surface area contributed by atoms with E-state index in [0.717, 1.165) is 16.0 Å². The topological polar surface area (TPSA) is 53.1 Å². The fourth-order valence-electron chi connectivity index (χ4n) is 2.52. The molecule has 0 unspecified atom stereocenters. The molecule has 0 radical (unpaired) electrons. The predicted molar refractivity (Wildman–Crippen MR) is 86.8 cm³/mol. The van der Waals surface area contributed by atoms with E-state index in [1.807, 2.05) is 18.5 Å². The number of carboxylic acids is 1. The maximum absolute atomic E-state index is 10.8. The second kappa shape index (κ2) is 5.66.